The van der Waals surface area contributed by atoms with Gasteiger partial charge in [-0.3, -0.25) is 4.79 Å². The Morgan fingerprint density at radius 2 is 1.86 bits per heavy atom. The molecule has 0 aliphatic carbocycles. The first-order valence-corrected chi connectivity index (χ1v) is 7.17. The van der Waals surface area contributed by atoms with Crippen molar-refractivity contribution in [3.05, 3.63) is 0 Å². The standard InChI is InChI=1S/C13H21N3O5/c1-8(11(18)15-4-2-3-5-15)14-13(21)16-7-9(17)6-10(16)12(19)20/h8-10,17H,2-7H2,1H3,(H,14,21)(H,19,20)/t8?,9-,10-/m1/s1. The van der Waals surface area contributed by atoms with E-state index in [4.69, 9.17) is 5.11 Å². The molecule has 0 radical (unpaired) electrons. The molecule has 2 rings (SSSR count). The lowest BCUT2D eigenvalue weighted by molar-refractivity contribution is -0.141. The minimum Gasteiger partial charge on any atom is -0.480 e. The first-order valence-electron chi connectivity index (χ1n) is 7.17. The minimum atomic E-state index is -1.15. The van der Waals surface area contributed by atoms with Gasteiger partial charge in [-0.25, -0.2) is 9.59 Å². The largest absolute Gasteiger partial charge is 0.480 e. The predicted molar refractivity (Wildman–Crippen MR) is 72.6 cm³/mol. The summed E-state index contributed by atoms with van der Waals surface area (Å²) in [4.78, 5) is 38.1. The van der Waals surface area contributed by atoms with E-state index >= 15 is 0 Å². The molecular weight excluding hydrogens is 278 g/mol. The molecule has 8 heteroatoms. The maximum absolute atomic E-state index is 12.1. The molecule has 2 fully saturated rings. The van der Waals surface area contributed by atoms with Crippen LogP contribution in [0.3, 0.4) is 0 Å². The molecule has 0 spiro atoms. The lowest BCUT2D eigenvalue weighted by atomic mass is 10.2. The van der Waals surface area contributed by atoms with Crippen LogP contribution in [0.5, 0.6) is 0 Å². The summed E-state index contributed by atoms with van der Waals surface area (Å²) in [6.07, 6.45) is 1.09. The van der Waals surface area contributed by atoms with E-state index in [1.807, 2.05) is 0 Å². The van der Waals surface area contributed by atoms with Crippen LogP contribution in [0.2, 0.25) is 0 Å². The smallest absolute Gasteiger partial charge is 0.326 e. The summed E-state index contributed by atoms with van der Waals surface area (Å²) in [5.41, 5.74) is 0. The van der Waals surface area contributed by atoms with Gasteiger partial charge in [-0.2, -0.15) is 0 Å². The van der Waals surface area contributed by atoms with Gasteiger partial charge >= 0.3 is 12.0 Å². The molecule has 21 heavy (non-hydrogen) atoms. The van der Waals surface area contributed by atoms with E-state index in [2.05, 4.69) is 5.32 Å². The van der Waals surface area contributed by atoms with Gasteiger partial charge in [0.25, 0.3) is 0 Å². The second kappa shape index (κ2) is 6.30. The van der Waals surface area contributed by atoms with Crippen molar-refractivity contribution in [3.8, 4) is 0 Å². The van der Waals surface area contributed by atoms with Crippen LogP contribution in [-0.2, 0) is 9.59 Å². The van der Waals surface area contributed by atoms with Crippen LogP contribution >= 0.6 is 0 Å². The number of rotatable bonds is 3. The molecule has 118 valence electrons. The molecule has 0 saturated carbocycles. The fourth-order valence-corrected chi connectivity index (χ4v) is 2.81. The van der Waals surface area contributed by atoms with Crippen molar-refractivity contribution in [2.75, 3.05) is 19.6 Å². The highest BCUT2D eigenvalue weighted by Crippen LogP contribution is 2.18. The number of nitrogens with one attached hydrogen (secondary N) is 1. The van der Waals surface area contributed by atoms with Crippen LogP contribution in [0.25, 0.3) is 0 Å². The number of aliphatic hydroxyl groups excluding tert-OH is 1. The Labute approximate surface area is 122 Å². The summed E-state index contributed by atoms with van der Waals surface area (Å²) in [6, 6.07) is -2.38. The number of carbonyl (C=O) groups is 3. The van der Waals surface area contributed by atoms with Gasteiger partial charge in [0.1, 0.15) is 12.1 Å². The molecule has 2 aliphatic heterocycles. The van der Waals surface area contributed by atoms with Gasteiger partial charge in [0, 0.05) is 26.1 Å². The maximum atomic E-state index is 12.1. The fraction of sp³-hybridized carbons (Fsp3) is 0.769. The highest BCUT2D eigenvalue weighted by atomic mass is 16.4. The van der Waals surface area contributed by atoms with Crippen LogP contribution in [0.1, 0.15) is 26.2 Å². The molecular formula is C13H21N3O5. The molecule has 0 aromatic carbocycles. The minimum absolute atomic E-state index is 0.0111. The number of hydrogen-bond acceptors (Lipinski definition) is 4. The van der Waals surface area contributed by atoms with E-state index in [1.165, 1.54) is 0 Å². The SMILES string of the molecule is CC(NC(=O)N1C[C@H](O)C[C@@H]1C(=O)O)C(=O)N1CCCC1. The Bertz CT molecular complexity index is 436. The molecule has 8 nitrogen and oxygen atoms in total. The number of urea groups is 1. The normalized spacial score (nSPS) is 26.8. The number of hydrogen-bond donors (Lipinski definition) is 3. The van der Waals surface area contributed by atoms with E-state index in [0.29, 0.717) is 13.1 Å². The number of carbonyl (C=O) groups excluding carboxylic acids is 2. The van der Waals surface area contributed by atoms with Crippen molar-refractivity contribution in [3.63, 3.8) is 0 Å². The number of nitrogens with zero attached hydrogens (tertiary/aromatic N) is 2. The fourth-order valence-electron chi connectivity index (χ4n) is 2.81. The van der Waals surface area contributed by atoms with Gasteiger partial charge < -0.3 is 25.3 Å². The number of amides is 3. The number of β-amino-alcohol motifs (C(OH)–C–C–N with tert-alkyl or cyclic N) is 1. The number of aliphatic carboxylic acids is 1. The van der Waals surface area contributed by atoms with Crippen molar-refractivity contribution < 1.29 is 24.6 Å². The van der Waals surface area contributed by atoms with Gasteiger partial charge in [0.2, 0.25) is 5.91 Å². The van der Waals surface area contributed by atoms with Crippen LogP contribution in [-0.4, -0.2) is 75.7 Å². The highest BCUT2D eigenvalue weighted by molar-refractivity contribution is 5.89. The Morgan fingerprint density at radius 1 is 1.24 bits per heavy atom. The molecule has 2 aliphatic rings. The third-order valence-corrected chi connectivity index (χ3v) is 3.95. The zero-order valence-electron chi connectivity index (χ0n) is 12.0. The number of aliphatic hydroxyl groups is 1. The Hall–Kier alpha value is -1.83. The predicted octanol–water partition coefficient (Wildman–Crippen LogP) is -0.773. The average molecular weight is 299 g/mol. The summed E-state index contributed by atoms with van der Waals surface area (Å²) >= 11 is 0. The van der Waals surface area contributed by atoms with Crippen LogP contribution < -0.4 is 5.32 Å². The monoisotopic (exact) mass is 299 g/mol. The van der Waals surface area contributed by atoms with Crippen LogP contribution in [0.15, 0.2) is 0 Å². The Balaban J connectivity index is 1.93. The summed E-state index contributed by atoms with van der Waals surface area (Å²) in [5, 5.41) is 21.1. The summed E-state index contributed by atoms with van der Waals surface area (Å²) < 4.78 is 0. The van der Waals surface area contributed by atoms with Crippen molar-refractivity contribution in [2.24, 2.45) is 0 Å². The molecule has 3 atom stereocenters. The van der Waals surface area contributed by atoms with Crippen molar-refractivity contribution in [1.82, 2.24) is 15.1 Å². The van der Waals surface area contributed by atoms with Gasteiger partial charge in [-0.05, 0) is 19.8 Å². The molecule has 3 amide bonds. The Morgan fingerprint density at radius 3 is 2.43 bits per heavy atom. The second-order valence-electron chi connectivity index (χ2n) is 5.60. The number of carboxylic acid groups (broad SMARTS) is 1. The lowest BCUT2D eigenvalue weighted by Gasteiger charge is -2.26. The summed E-state index contributed by atoms with van der Waals surface area (Å²) in [5.74, 6) is -1.31. The molecule has 0 bridgehead atoms. The topological polar surface area (TPSA) is 110 Å². The zero-order valence-corrected chi connectivity index (χ0v) is 12.0. The quantitative estimate of drug-likeness (QED) is 0.633. The number of likely N-dealkylation sites (tertiary alicyclic amines) is 2. The number of carboxylic acids is 1. The zero-order chi connectivity index (χ0) is 15.6. The molecule has 0 aromatic heterocycles. The van der Waals surface area contributed by atoms with Gasteiger partial charge in [-0.1, -0.05) is 0 Å². The van der Waals surface area contributed by atoms with Crippen molar-refractivity contribution >= 4 is 17.9 Å². The molecule has 0 aromatic rings. The van der Waals surface area contributed by atoms with Crippen molar-refractivity contribution in [1.29, 1.82) is 0 Å². The van der Waals surface area contributed by atoms with Gasteiger partial charge in [0.05, 0.1) is 6.10 Å². The van der Waals surface area contributed by atoms with Crippen LogP contribution in [0.4, 0.5) is 4.79 Å². The second-order valence-corrected chi connectivity index (χ2v) is 5.60. The first-order chi connectivity index (χ1) is 9.90. The maximum Gasteiger partial charge on any atom is 0.326 e. The molecule has 2 saturated heterocycles. The first kappa shape index (κ1) is 15.6. The summed E-state index contributed by atoms with van der Waals surface area (Å²) in [6.45, 7) is 2.94. The van der Waals surface area contributed by atoms with E-state index < -0.39 is 30.2 Å². The lowest BCUT2D eigenvalue weighted by Crippen LogP contribution is -2.52. The van der Waals surface area contributed by atoms with E-state index in [1.54, 1.807) is 11.8 Å². The van der Waals surface area contributed by atoms with E-state index in [-0.39, 0.29) is 18.9 Å². The summed E-state index contributed by atoms with van der Waals surface area (Å²) in [7, 11) is 0. The van der Waals surface area contributed by atoms with E-state index in [9.17, 15) is 19.5 Å². The average Bonchev–Trinajstić information content (AvgIpc) is 3.06. The van der Waals surface area contributed by atoms with E-state index in [0.717, 1.165) is 17.7 Å². The Kier molecular flexibility index (Phi) is 4.66. The molecule has 1 unspecified atom stereocenters. The third kappa shape index (κ3) is 3.44. The molecule has 2 heterocycles. The van der Waals surface area contributed by atoms with Crippen LogP contribution in [0, 0.1) is 0 Å². The van der Waals surface area contributed by atoms with Gasteiger partial charge in [0.15, 0.2) is 0 Å². The van der Waals surface area contributed by atoms with Gasteiger partial charge in [-0.15, -0.1) is 0 Å². The highest BCUT2D eigenvalue weighted by Gasteiger charge is 2.39. The molecule has 3 N–H and O–H groups in total. The third-order valence-electron chi connectivity index (χ3n) is 3.95. The van der Waals surface area contributed by atoms with Crippen molar-refractivity contribution in [2.45, 2.75) is 44.4 Å².